The van der Waals surface area contributed by atoms with Gasteiger partial charge in [-0.05, 0) is 56.4 Å². The van der Waals surface area contributed by atoms with Crippen LogP contribution in [0, 0.1) is 5.41 Å². The van der Waals surface area contributed by atoms with E-state index in [4.69, 9.17) is 4.74 Å². The monoisotopic (exact) mass is 414 g/mol. The highest BCUT2D eigenvalue weighted by molar-refractivity contribution is 6.00. The molecule has 160 valence electrons. The molecule has 1 saturated heterocycles. The predicted molar refractivity (Wildman–Crippen MR) is 99.5 cm³/mol. The molecule has 0 unspecified atom stereocenters. The molecule has 9 heteroatoms. The van der Waals surface area contributed by atoms with E-state index in [-0.39, 0.29) is 24.0 Å². The number of anilines is 1. The molecule has 1 spiro atoms. The van der Waals surface area contributed by atoms with Crippen molar-refractivity contribution in [2.45, 2.75) is 50.3 Å². The summed E-state index contributed by atoms with van der Waals surface area (Å²) in [6.45, 7) is -0.855. The maximum absolute atomic E-state index is 13.1. The number of rotatable bonds is 5. The quantitative estimate of drug-likeness (QED) is 0.777. The van der Waals surface area contributed by atoms with Crippen LogP contribution in [0.4, 0.5) is 18.9 Å². The van der Waals surface area contributed by atoms with Gasteiger partial charge in [0, 0.05) is 19.3 Å². The zero-order valence-corrected chi connectivity index (χ0v) is 16.2. The lowest BCUT2D eigenvalue weighted by Gasteiger charge is -2.40. The van der Waals surface area contributed by atoms with E-state index >= 15 is 0 Å². The minimum atomic E-state index is -4.41. The van der Waals surface area contributed by atoms with Crippen LogP contribution in [0.15, 0.2) is 24.3 Å². The Bertz CT molecular complexity index is 756. The van der Waals surface area contributed by atoms with E-state index in [0.717, 1.165) is 0 Å². The average Bonchev–Trinajstić information content (AvgIpc) is 2.99. The smallest absolute Gasteiger partial charge is 0.422 e. The number of hydrogen-bond acceptors (Lipinski definition) is 4. The predicted octanol–water partition coefficient (Wildman–Crippen LogP) is 2.79. The highest BCUT2D eigenvalue weighted by Gasteiger charge is 2.51. The second kappa shape index (κ2) is 7.85. The summed E-state index contributed by atoms with van der Waals surface area (Å²) in [7, 11) is 1.52. The fourth-order valence-corrected chi connectivity index (χ4v) is 4.18. The van der Waals surface area contributed by atoms with E-state index in [1.165, 1.54) is 19.2 Å². The van der Waals surface area contributed by atoms with Crippen molar-refractivity contribution in [3.05, 3.63) is 24.3 Å². The van der Waals surface area contributed by atoms with Gasteiger partial charge < -0.3 is 20.1 Å². The van der Waals surface area contributed by atoms with Crippen LogP contribution in [0.2, 0.25) is 0 Å². The number of benzene rings is 1. The molecule has 1 aliphatic heterocycles. The number of carbonyl (C=O) groups excluding carboxylic acids is 2. The van der Waals surface area contributed by atoms with Crippen LogP contribution in [0.3, 0.4) is 0 Å². The summed E-state index contributed by atoms with van der Waals surface area (Å²) in [6, 6.07) is 5.99. The summed E-state index contributed by atoms with van der Waals surface area (Å²) in [5, 5.41) is 13.2. The topological polar surface area (TPSA) is 78.9 Å². The molecule has 1 heterocycles. The van der Waals surface area contributed by atoms with Gasteiger partial charge in [-0.1, -0.05) is 0 Å². The zero-order chi connectivity index (χ0) is 21.3. The van der Waals surface area contributed by atoms with Crippen molar-refractivity contribution in [1.82, 2.24) is 5.32 Å². The molecule has 0 aromatic heterocycles. The van der Waals surface area contributed by atoms with Gasteiger partial charge in [0.05, 0.1) is 17.4 Å². The van der Waals surface area contributed by atoms with Crippen molar-refractivity contribution < 1.29 is 32.6 Å². The zero-order valence-electron chi connectivity index (χ0n) is 16.2. The number of amides is 2. The van der Waals surface area contributed by atoms with Crippen molar-refractivity contribution in [3.8, 4) is 5.75 Å². The van der Waals surface area contributed by atoms with Gasteiger partial charge in [-0.3, -0.25) is 9.59 Å². The summed E-state index contributed by atoms with van der Waals surface area (Å²) in [6.07, 6.45) is -1.97. The minimum absolute atomic E-state index is 0.0247. The summed E-state index contributed by atoms with van der Waals surface area (Å²) in [4.78, 5) is 26.3. The summed E-state index contributed by atoms with van der Waals surface area (Å²) in [5.74, 6) is -0.177. The Labute approximate surface area is 167 Å². The molecule has 1 aromatic carbocycles. The normalized spacial score (nSPS) is 27.3. The van der Waals surface area contributed by atoms with Crippen molar-refractivity contribution >= 4 is 17.5 Å². The molecular weight excluding hydrogens is 389 g/mol. The standard InChI is InChI=1S/C20H25F3N2O4/c1-24-16(26)12-19(28)8-6-18(7-9-19)10-11-25(17(18)27)14-2-4-15(5-3-14)29-13-20(21,22)23/h2-5,28H,6-13H2,1H3,(H,24,26)/t18-,19+. The molecule has 3 rings (SSSR count). The number of aliphatic hydroxyl groups is 1. The third-order valence-corrected chi connectivity index (χ3v) is 5.97. The molecule has 1 aliphatic carbocycles. The molecule has 0 bridgehead atoms. The largest absolute Gasteiger partial charge is 0.484 e. The Hall–Kier alpha value is -2.29. The molecule has 2 amide bonds. The summed E-state index contributed by atoms with van der Waals surface area (Å²) < 4.78 is 41.4. The fourth-order valence-electron chi connectivity index (χ4n) is 4.18. The molecule has 2 fully saturated rings. The first-order valence-corrected chi connectivity index (χ1v) is 9.60. The third-order valence-electron chi connectivity index (χ3n) is 5.97. The second-order valence-electron chi connectivity index (χ2n) is 7.96. The van der Waals surface area contributed by atoms with E-state index in [9.17, 15) is 27.9 Å². The van der Waals surface area contributed by atoms with E-state index in [2.05, 4.69) is 5.32 Å². The number of alkyl halides is 3. The van der Waals surface area contributed by atoms with Gasteiger partial charge in [-0.2, -0.15) is 13.2 Å². The average molecular weight is 414 g/mol. The Kier molecular flexibility index (Phi) is 5.80. The SMILES string of the molecule is CNC(=O)C[C@]1(O)CC[C@]2(CCN(c3ccc(OCC(F)(F)F)cc3)C2=O)CC1. The number of hydrogen-bond donors (Lipinski definition) is 2. The molecule has 1 saturated carbocycles. The number of carbonyl (C=O) groups is 2. The molecular formula is C20H25F3N2O4. The van der Waals surface area contributed by atoms with Gasteiger partial charge in [0.1, 0.15) is 5.75 Å². The molecule has 2 aliphatic rings. The van der Waals surface area contributed by atoms with Crippen LogP contribution in [-0.4, -0.2) is 48.9 Å². The first kappa shape index (κ1) is 21.4. The molecule has 0 atom stereocenters. The minimum Gasteiger partial charge on any atom is -0.484 e. The Morgan fingerprint density at radius 1 is 1.17 bits per heavy atom. The summed E-state index contributed by atoms with van der Waals surface area (Å²) in [5.41, 5.74) is -1.03. The van der Waals surface area contributed by atoms with Gasteiger partial charge in [0.25, 0.3) is 0 Å². The van der Waals surface area contributed by atoms with E-state index in [1.54, 1.807) is 17.0 Å². The second-order valence-corrected chi connectivity index (χ2v) is 7.96. The maximum Gasteiger partial charge on any atom is 0.422 e. The lowest BCUT2D eigenvalue weighted by atomic mass is 9.67. The van der Waals surface area contributed by atoms with Gasteiger partial charge in [0.2, 0.25) is 11.8 Å². The van der Waals surface area contributed by atoms with Crippen LogP contribution >= 0.6 is 0 Å². The van der Waals surface area contributed by atoms with Gasteiger partial charge in [-0.15, -0.1) is 0 Å². The number of nitrogens with zero attached hydrogens (tertiary/aromatic N) is 1. The third kappa shape index (κ3) is 4.83. The lowest BCUT2D eigenvalue weighted by molar-refractivity contribution is -0.153. The van der Waals surface area contributed by atoms with Gasteiger partial charge in [-0.25, -0.2) is 0 Å². The molecule has 1 aromatic rings. The Morgan fingerprint density at radius 2 is 1.79 bits per heavy atom. The number of ether oxygens (including phenoxy) is 1. The van der Waals surface area contributed by atoms with Crippen LogP contribution < -0.4 is 15.0 Å². The van der Waals surface area contributed by atoms with Crippen LogP contribution in [0.1, 0.15) is 38.5 Å². The first-order chi connectivity index (χ1) is 13.6. The van der Waals surface area contributed by atoms with E-state index in [1.807, 2.05) is 0 Å². The lowest BCUT2D eigenvalue weighted by Crippen LogP contribution is -2.45. The van der Waals surface area contributed by atoms with E-state index < -0.39 is 23.8 Å². The van der Waals surface area contributed by atoms with Crippen molar-refractivity contribution in [1.29, 1.82) is 0 Å². The van der Waals surface area contributed by atoms with Gasteiger partial charge >= 0.3 is 6.18 Å². The van der Waals surface area contributed by atoms with Crippen LogP contribution in [-0.2, 0) is 9.59 Å². The number of nitrogens with one attached hydrogen (secondary N) is 1. The first-order valence-electron chi connectivity index (χ1n) is 9.60. The number of halogens is 3. The summed E-state index contributed by atoms with van der Waals surface area (Å²) >= 11 is 0. The van der Waals surface area contributed by atoms with Crippen LogP contribution in [0.5, 0.6) is 5.75 Å². The van der Waals surface area contributed by atoms with Crippen molar-refractivity contribution in [2.24, 2.45) is 5.41 Å². The van der Waals surface area contributed by atoms with E-state index in [0.29, 0.717) is 44.3 Å². The maximum atomic E-state index is 13.1. The fraction of sp³-hybridized carbons (Fsp3) is 0.600. The molecule has 29 heavy (non-hydrogen) atoms. The Morgan fingerprint density at radius 3 is 2.34 bits per heavy atom. The highest BCUT2D eigenvalue weighted by Crippen LogP contribution is 2.49. The molecule has 0 radical (unpaired) electrons. The van der Waals surface area contributed by atoms with Crippen molar-refractivity contribution in [2.75, 3.05) is 25.1 Å². The molecule has 6 nitrogen and oxygen atoms in total. The Balaban J connectivity index is 1.62. The van der Waals surface area contributed by atoms with Gasteiger partial charge in [0.15, 0.2) is 6.61 Å². The molecule has 2 N–H and O–H groups in total. The van der Waals surface area contributed by atoms with Crippen molar-refractivity contribution in [3.63, 3.8) is 0 Å². The highest BCUT2D eigenvalue weighted by atomic mass is 19.4. The van der Waals surface area contributed by atoms with Crippen LogP contribution in [0.25, 0.3) is 0 Å².